The molecule has 0 saturated heterocycles. The molecule has 0 aromatic rings. The van der Waals surface area contributed by atoms with Gasteiger partial charge in [0.1, 0.15) is 20.1 Å². The lowest BCUT2D eigenvalue weighted by atomic mass is 9.94. The molecule has 0 spiro atoms. The van der Waals surface area contributed by atoms with Crippen molar-refractivity contribution in [3.8, 4) is 0 Å². The van der Waals surface area contributed by atoms with Crippen molar-refractivity contribution in [1.82, 2.24) is 10.2 Å². The highest BCUT2D eigenvalue weighted by Crippen LogP contribution is 2.12. The Morgan fingerprint density at radius 1 is 0.800 bits per heavy atom. The molecule has 0 aliphatic heterocycles. The molecular weight excluding hydrogens is 463 g/mol. The number of unbranched alkanes of at least 4 members (excludes halogenated alkanes) is 1. The number of hydrogen-bond donors (Lipinski definition) is 9. The lowest BCUT2D eigenvalue weighted by Crippen LogP contribution is -2.50. The lowest BCUT2D eigenvalue weighted by Gasteiger charge is -2.32. The monoisotopic (exact) mass is 508 g/mol. The third-order valence-corrected chi connectivity index (χ3v) is 5.80. The van der Waals surface area contributed by atoms with Gasteiger partial charge in [-0.25, -0.2) is 0 Å². The summed E-state index contributed by atoms with van der Waals surface area (Å²) < 4.78 is 0. The first-order chi connectivity index (χ1) is 16.5. The van der Waals surface area contributed by atoms with Gasteiger partial charge in [-0.3, -0.25) is 14.5 Å². The van der Waals surface area contributed by atoms with Gasteiger partial charge in [-0.2, -0.15) is 0 Å². The van der Waals surface area contributed by atoms with Gasteiger partial charge in [0.2, 0.25) is 5.91 Å². The van der Waals surface area contributed by atoms with Gasteiger partial charge >= 0.3 is 0 Å². The minimum absolute atomic E-state index is 0.0626. The molecule has 7 unspecified atom stereocenters. The number of carbonyl (C=O) groups is 2. The zero-order valence-electron chi connectivity index (χ0n) is 20.9. The highest BCUT2D eigenvalue weighted by Gasteiger charge is 2.30. The molecule has 0 saturated carbocycles. The molecule has 13 heteroatoms. The number of Topliss-reactive ketones (excluding diaryl/α,β-unsaturated/α-hetero) is 1. The maximum Gasteiger partial charge on any atom is 0.217 e. The van der Waals surface area contributed by atoms with Crippen LogP contribution >= 0.6 is 0 Å². The Kier molecular flexibility index (Phi) is 18.4. The molecule has 206 valence electrons. The highest BCUT2D eigenvalue weighted by molar-refractivity contribution is 6.10. The Balaban J connectivity index is 5.14. The first-order valence-corrected chi connectivity index (χ1v) is 12.3. The topological polar surface area (TPSA) is 211 Å². The summed E-state index contributed by atoms with van der Waals surface area (Å²) in [6, 6.07) is -0.608. The summed E-state index contributed by atoms with van der Waals surface area (Å²) in [5, 5.41) is 81.1. The number of nitrogens with zero attached hydrogens (tertiary/aromatic N) is 1. The Hall–Kier alpha value is -1.16. The molecule has 9 N–H and O–H groups in total. The molecule has 0 rings (SSSR count). The fourth-order valence-electron chi connectivity index (χ4n) is 3.78. The smallest absolute Gasteiger partial charge is 0.217 e. The largest absolute Gasteiger partial charge is 0.396 e. The molecule has 0 fully saturated rings. The number of rotatable bonds is 21. The molecule has 1 amide bonds. The molecule has 0 aromatic heterocycles. The maximum absolute atomic E-state index is 12.3. The second-order valence-electron chi connectivity index (χ2n) is 9.00. The number of aliphatic hydroxyl groups excluding tert-OH is 8. The van der Waals surface area contributed by atoms with Crippen molar-refractivity contribution in [1.29, 1.82) is 0 Å². The minimum atomic E-state index is -1.55. The van der Waals surface area contributed by atoms with E-state index in [1.807, 2.05) is 7.85 Å². The van der Waals surface area contributed by atoms with E-state index in [0.717, 1.165) is 0 Å². The predicted molar refractivity (Wildman–Crippen MR) is 130 cm³/mol. The molecule has 0 aromatic carbocycles. The average Bonchev–Trinajstić information content (AvgIpc) is 2.79. The molecule has 0 radical (unpaired) electrons. The second-order valence-corrected chi connectivity index (χ2v) is 9.00. The second kappa shape index (κ2) is 19.0. The zero-order valence-corrected chi connectivity index (χ0v) is 20.9. The SMILES string of the molecule is BCCC(=O)C(CCCCN(CC(O)C(O)C(O)CCO)CC(O)C(O)C(O)CCO)NC(C)=O. The fraction of sp³-hybridized carbons (Fsp3) is 0.909. The first kappa shape index (κ1) is 33.8. The van der Waals surface area contributed by atoms with Gasteiger partial charge in [0.05, 0.1) is 30.5 Å². The third kappa shape index (κ3) is 14.2. The Morgan fingerprint density at radius 3 is 1.69 bits per heavy atom. The van der Waals surface area contributed by atoms with Gasteiger partial charge in [0.15, 0.2) is 5.78 Å². The van der Waals surface area contributed by atoms with Crippen LogP contribution in [0.25, 0.3) is 0 Å². The lowest BCUT2D eigenvalue weighted by molar-refractivity contribution is -0.126. The van der Waals surface area contributed by atoms with E-state index in [1.165, 1.54) is 6.92 Å². The van der Waals surface area contributed by atoms with E-state index in [2.05, 4.69) is 5.32 Å². The minimum Gasteiger partial charge on any atom is -0.396 e. The number of aliphatic hydroxyl groups is 8. The van der Waals surface area contributed by atoms with E-state index in [9.17, 15) is 40.2 Å². The van der Waals surface area contributed by atoms with E-state index in [0.29, 0.717) is 32.0 Å². The average molecular weight is 508 g/mol. The summed E-state index contributed by atoms with van der Waals surface area (Å²) in [4.78, 5) is 25.2. The van der Waals surface area contributed by atoms with E-state index in [-0.39, 0.29) is 57.4 Å². The Morgan fingerprint density at radius 2 is 1.29 bits per heavy atom. The van der Waals surface area contributed by atoms with Crippen molar-refractivity contribution in [3.05, 3.63) is 0 Å². The molecule has 0 heterocycles. The van der Waals surface area contributed by atoms with Crippen LogP contribution in [0.15, 0.2) is 0 Å². The van der Waals surface area contributed by atoms with Crippen LogP contribution in [0.4, 0.5) is 0 Å². The van der Waals surface area contributed by atoms with Crippen LogP contribution in [-0.2, 0) is 9.59 Å². The van der Waals surface area contributed by atoms with Crippen LogP contribution in [0.1, 0.15) is 45.4 Å². The van der Waals surface area contributed by atoms with Crippen molar-refractivity contribution in [2.24, 2.45) is 0 Å². The van der Waals surface area contributed by atoms with E-state index < -0.39 is 42.7 Å². The maximum atomic E-state index is 12.3. The molecule has 35 heavy (non-hydrogen) atoms. The molecule has 7 atom stereocenters. The van der Waals surface area contributed by atoms with Gasteiger partial charge in [-0.1, -0.05) is 6.32 Å². The number of ketones is 1. The van der Waals surface area contributed by atoms with Gasteiger partial charge in [0.25, 0.3) is 0 Å². The normalized spacial score (nSPS) is 17.9. The Labute approximate surface area is 208 Å². The van der Waals surface area contributed by atoms with Crippen LogP contribution in [0.2, 0.25) is 6.32 Å². The fourth-order valence-corrected chi connectivity index (χ4v) is 3.78. The van der Waals surface area contributed by atoms with Gasteiger partial charge in [-0.15, -0.1) is 0 Å². The highest BCUT2D eigenvalue weighted by atomic mass is 16.4. The van der Waals surface area contributed by atoms with Crippen molar-refractivity contribution in [3.63, 3.8) is 0 Å². The number of nitrogens with one attached hydrogen (secondary N) is 1. The van der Waals surface area contributed by atoms with Crippen molar-refractivity contribution >= 4 is 19.5 Å². The van der Waals surface area contributed by atoms with Crippen LogP contribution < -0.4 is 5.32 Å². The summed E-state index contributed by atoms with van der Waals surface area (Å²) >= 11 is 0. The van der Waals surface area contributed by atoms with Gasteiger partial charge in [-0.05, 0) is 38.6 Å². The molecule has 0 aliphatic rings. The molecule has 0 aliphatic carbocycles. The number of hydrogen-bond acceptors (Lipinski definition) is 11. The Bertz CT molecular complexity index is 562. The van der Waals surface area contributed by atoms with Gasteiger partial charge in [0, 0.05) is 39.6 Å². The van der Waals surface area contributed by atoms with Crippen molar-refractivity contribution in [2.75, 3.05) is 32.8 Å². The summed E-state index contributed by atoms with van der Waals surface area (Å²) in [6.45, 7) is 0.474. The predicted octanol–water partition coefficient (Wildman–Crippen LogP) is -4.10. The summed E-state index contributed by atoms with van der Waals surface area (Å²) in [5.41, 5.74) is 0. The quantitative estimate of drug-likeness (QED) is 0.0537. The standard InChI is InChI=1S/C22H45BN2O10/c1-14(28)24-15(16(29)5-8-23)4-2-3-9-25(12-19(32)21(34)17(30)6-10-26)13-20(33)22(35)18(31)7-11-27/h15,17-22,26-27,30-35H,2-13,23H2,1H3,(H,24,28). The zero-order chi connectivity index (χ0) is 27.0. The third-order valence-electron chi connectivity index (χ3n) is 5.80. The molecular formula is C22H45BN2O10. The van der Waals surface area contributed by atoms with E-state index >= 15 is 0 Å². The van der Waals surface area contributed by atoms with Crippen LogP contribution in [0, 0.1) is 0 Å². The van der Waals surface area contributed by atoms with Gasteiger partial charge < -0.3 is 46.2 Å². The summed E-state index contributed by atoms with van der Waals surface area (Å²) in [6.07, 6.45) is -6.55. The number of amides is 1. The van der Waals surface area contributed by atoms with Crippen molar-refractivity contribution < 1.29 is 50.4 Å². The summed E-state index contributed by atoms with van der Waals surface area (Å²) in [5.74, 6) is -0.370. The molecule has 12 nitrogen and oxygen atoms in total. The first-order valence-electron chi connectivity index (χ1n) is 12.3. The van der Waals surface area contributed by atoms with Crippen LogP contribution in [0.5, 0.6) is 0 Å². The molecule has 0 bridgehead atoms. The van der Waals surface area contributed by atoms with E-state index in [1.54, 1.807) is 4.90 Å². The van der Waals surface area contributed by atoms with Crippen LogP contribution in [-0.4, -0.2) is 141 Å². The van der Waals surface area contributed by atoms with Crippen LogP contribution in [0.3, 0.4) is 0 Å². The van der Waals surface area contributed by atoms with Crippen molar-refractivity contribution in [2.45, 2.75) is 94.4 Å². The number of carbonyl (C=O) groups excluding carboxylic acids is 2. The van der Waals surface area contributed by atoms with E-state index in [4.69, 9.17) is 10.2 Å². The summed E-state index contributed by atoms with van der Waals surface area (Å²) in [7, 11) is 1.87.